The van der Waals surface area contributed by atoms with Gasteiger partial charge >= 0.3 is 0 Å². The fourth-order valence-corrected chi connectivity index (χ4v) is 7.29. The van der Waals surface area contributed by atoms with Gasteiger partial charge in [-0.05, 0) is 67.6 Å². The number of nitrogens with one attached hydrogen (secondary N) is 1. The Kier molecular flexibility index (Phi) is 5.32. The van der Waals surface area contributed by atoms with E-state index in [9.17, 15) is 18.3 Å². The van der Waals surface area contributed by atoms with E-state index in [4.69, 9.17) is 0 Å². The molecule has 4 bridgehead atoms. The first-order chi connectivity index (χ1) is 15.5. The van der Waals surface area contributed by atoms with E-state index >= 15 is 0 Å². The topological polar surface area (TPSA) is 105 Å². The molecule has 0 aliphatic heterocycles. The number of hydrogen-bond donors (Lipinski definition) is 2. The zero-order valence-corrected chi connectivity index (χ0v) is 20.2. The molecule has 4 aliphatic carbocycles. The minimum absolute atomic E-state index is 0.108. The maximum Gasteiger partial charge on any atom is 0.272 e. The fourth-order valence-electron chi connectivity index (χ4n) is 6.60. The molecule has 2 aromatic rings. The number of sulfone groups is 1. The summed E-state index contributed by atoms with van der Waals surface area (Å²) in [5.74, 6) is 1.88. The number of rotatable bonds is 6. The van der Waals surface area contributed by atoms with Gasteiger partial charge in [-0.2, -0.15) is 5.10 Å². The molecule has 0 saturated heterocycles. The lowest BCUT2D eigenvalue weighted by Gasteiger charge is -2.58. The van der Waals surface area contributed by atoms with E-state index in [2.05, 4.69) is 10.4 Å². The predicted octanol–water partition coefficient (Wildman–Crippen LogP) is 2.13. The SMILES string of the molecule is CN(Cc1cccc(S(C)(=O)=O)c1)c1cc(C(=O)NC2C3CC4CC2CC(O)(C4)C3)nn1C. The molecule has 2 N–H and O–H groups in total. The Hall–Kier alpha value is -2.39. The molecule has 2 unspecified atom stereocenters. The second-order valence-electron chi connectivity index (χ2n) is 10.5. The lowest BCUT2D eigenvalue weighted by atomic mass is 9.52. The number of aliphatic hydroxyl groups is 1. The van der Waals surface area contributed by atoms with Crippen molar-refractivity contribution < 1.29 is 18.3 Å². The standard InChI is InChI=1S/C24H32N4O4S/c1-27(14-15-5-4-6-19(9-15)33(3,31)32)21-10-20(26-28(21)2)23(29)25-22-17-7-16-8-18(22)13-24(30,11-16)12-17/h4-6,9-10,16-18,22,30H,7-8,11-14H2,1-3H3,(H,25,29). The average Bonchev–Trinajstić information content (AvgIpc) is 3.11. The largest absolute Gasteiger partial charge is 0.390 e. The minimum Gasteiger partial charge on any atom is -0.390 e. The first-order valence-electron chi connectivity index (χ1n) is 11.6. The van der Waals surface area contributed by atoms with Crippen molar-refractivity contribution in [1.82, 2.24) is 15.1 Å². The predicted molar refractivity (Wildman–Crippen MR) is 125 cm³/mol. The number of carbonyl (C=O) groups excluding carboxylic acids is 1. The van der Waals surface area contributed by atoms with Gasteiger partial charge in [0.2, 0.25) is 0 Å². The summed E-state index contributed by atoms with van der Waals surface area (Å²) < 4.78 is 25.4. The second kappa shape index (κ2) is 7.84. The van der Waals surface area contributed by atoms with Crippen LogP contribution in [0.25, 0.3) is 0 Å². The quantitative estimate of drug-likeness (QED) is 0.668. The van der Waals surface area contributed by atoms with Gasteiger partial charge in [-0.1, -0.05) is 12.1 Å². The number of hydrogen-bond acceptors (Lipinski definition) is 6. The second-order valence-corrected chi connectivity index (χ2v) is 12.5. The van der Waals surface area contributed by atoms with Gasteiger partial charge in [0.15, 0.2) is 15.5 Å². The van der Waals surface area contributed by atoms with Crippen molar-refractivity contribution in [2.45, 2.75) is 55.2 Å². The smallest absolute Gasteiger partial charge is 0.272 e. The maximum atomic E-state index is 13.1. The van der Waals surface area contributed by atoms with Crippen LogP contribution in [0.15, 0.2) is 35.2 Å². The summed E-state index contributed by atoms with van der Waals surface area (Å²) in [6, 6.07) is 8.78. The highest BCUT2D eigenvalue weighted by atomic mass is 32.2. The summed E-state index contributed by atoms with van der Waals surface area (Å²) in [4.78, 5) is 15.3. The van der Waals surface area contributed by atoms with Gasteiger partial charge < -0.3 is 15.3 Å². The van der Waals surface area contributed by atoms with Crippen LogP contribution in [-0.4, -0.2) is 54.2 Å². The summed E-state index contributed by atoms with van der Waals surface area (Å²) in [6.45, 7) is 0.483. The molecule has 8 nitrogen and oxygen atoms in total. The van der Waals surface area contributed by atoms with Crippen LogP contribution in [0.1, 0.15) is 48.2 Å². The number of anilines is 1. The van der Waals surface area contributed by atoms with Crippen LogP contribution in [0.2, 0.25) is 0 Å². The van der Waals surface area contributed by atoms with E-state index in [1.807, 2.05) is 18.0 Å². The van der Waals surface area contributed by atoms with E-state index in [0.717, 1.165) is 43.5 Å². The van der Waals surface area contributed by atoms with Crippen molar-refractivity contribution in [3.63, 3.8) is 0 Å². The van der Waals surface area contributed by atoms with Crippen LogP contribution >= 0.6 is 0 Å². The molecular weight excluding hydrogens is 440 g/mol. The van der Waals surface area contributed by atoms with Crippen molar-refractivity contribution in [2.24, 2.45) is 24.8 Å². The number of amides is 1. The monoisotopic (exact) mass is 472 g/mol. The molecule has 178 valence electrons. The van der Waals surface area contributed by atoms with Crippen molar-refractivity contribution in [2.75, 3.05) is 18.2 Å². The van der Waals surface area contributed by atoms with Crippen molar-refractivity contribution in [1.29, 1.82) is 0 Å². The molecule has 4 aliphatic rings. The Balaban J connectivity index is 1.28. The number of nitrogens with zero attached hydrogens (tertiary/aromatic N) is 3. The molecule has 0 spiro atoms. The van der Waals surface area contributed by atoms with E-state index < -0.39 is 15.4 Å². The first-order valence-corrected chi connectivity index (χ1v) is 13.5. The third-order valence-electron chi connectivity index (χ3n) is 7.76. The molecule has 1 amide bonds. The van der Waals surface area contributed by atoms with Crippen LogP contribution in [0.5, 0.6) is 0 Å². The van der Waals surface area contributed by atoms with Crippen molar-refractivity contribution >= 4 is 21.6 Å². The van der Waals surface area contributed by atoms with E-state index in [0.29, 0.717) is 34.9 Å². The fraction of sp³-hybridized carbons (Fsp3) is 0.583. The van der Waals surface area contributed by atoms with Crippen molar-refractivity contribution in [3.05, 3.63) is 41.6 Å². The molecule has 1 aromatic heterocycles. The van der Waals surface area contributed by atoms with Gasteiger partial charge in [0, 0.05) is 39.0 Å². The number of aryl methyl sites for hydroxylation is 1. The Labute approximate surface area is 194 Å². The molecule has 4 saturated carbocycles. The van der Waals surface area contributed by atoms with Gasteiger partial charge in [0.05, 0.1) is 10.5 Å². The first kappa shape index (κ1) is 22.4. The Morgan fingerprint density at radius 2 is 1.94 bits per heavy atom. The minimum atomic E-state index is -3.27. The van der Waals surface area contributed by atoms with Gasteiger partial charge in [-0.15, -0.1) is 0 Å². The van der Waals surface area contributed by atoms with Crippen LogP contribution in [0.4, 0.5) is 5.82 Å². The molecule has 1 heterocycles. The molecule has 1 aromatic carbocycles. The van der Waals surface area contributed by atoms with E-state index in [-0.39, 0.29) is 11.9 Å². The van der Waals surface area contributed by atoms with Crippen LogP contribution in [0.3, 0.4) is 0 Å². The van der Waals surface area contributed by atoms with Crippen LogP contribution in [-0.2, 0) is 23.4 Å². The van der Waals surface area contributed by atoms with Gasteiger partial charge in [0.25, 0.3) is 5.91 Å². The van der Waals surface area contributed by atoms with Crippen LogP contribution < -0.4 is 10.2 Å². The molecule has 6 rings (SSSR count). The summed E-state index contributed by atoms with van der Waals surface area (Å²) in [5.41, 5.74) is 0.712. The summed E-state index contributed by atoms with van der Waals surface area (Å²) in [6.07, 6.45) is 5.87. The molecular formula is C24H32N4O4S. The van der Waals surface area contributed by atoms with E-state index in [1.165, 1.54) is 6.26 Å². The lowest BCUT2D eigenvalue weighted by Crippen LogP contribution is -2.61. The maximum absolute atomic E-state index is 13.1. The van der Waals surface area contributed by atoms with Crippen molar-refractivity contribution in [3.8, 4) is 0 Å². The summed E-state index contributed by atoms with van der Waals surface area (Å²) in [5, 5.41) is 18.5. The third-order valence-corrected chi connectivity index (χ3v) is 8.87. The van der Waals surface area contributed by atoms with E-state index in [1.54, 1.807) is 36.0 Å². The third kappa shape index (κ3) is 4.28. The Morgan fingerprint density at radius 1 is 1.24 bits per heavy atom. The zero-order chi connectivity index (χ0) is 23.5. The zero-order valence-electron chi connectivity index (χ0n) is 19.4. The molecule has 2 atom stereocenters. The van der Waals surface area contributed by atoms with Gasteiger partial charge in [-0.25, -0.2) is 8.42 Å². The lowest BCUT2D eigenvalue weighted by molar-refractivity contribution is -0.136. The number of aromatic nitrogens is 2. The summed E-state index contributed by atoms with van der Waals surface area (Å²) in [7, 11) is 0.422. The molecule has 9 heteroatoms. The highest BCUT2D eigenvalue weighted by molar-refractivity contribution is 7.90. The highest BCUT2D eigenvalue weighted by Crippen LogP contribution is 2.55. The Bertz CT molecular complexity index is 1170. The van der Waals surface area contributed by atoms with Gasteiger partial charge in [-0.3, -0.25) is 9.48 Å². The highest BCUT2D eigenvalue weighted by Gasteiger charge is 2.55. The molecule has 4 fully saturated rings. The number of carbonyl (C=O) groups is 1. The molecule has 0 radical (unpaired) electrons. The summed E-state index contributed by atoms with van der Waals surface area (Å²) >= 11 is 0. The van der Waals surface area contributed by atoms with Gasteiger partial charge in [0.1, 0.15) is 5.82 Å². The average molecular weight is 473 g/mol. The normalized spacial score (nSPS) is 30.4. The van der Waals surface area contributed by atoms with Crippen LogP contribution in [0, 0.1) is 17.8 Å². The number of benzene rings is 1. The molecule has 33 heavy (non-hydrogen) atoms. The Morgan fingerprint density at radius 3 is 2.58 bits per heavy atom.